The lowest BCUT2D eigenvalue weighted by molar-refractivity contribution is 0.242. The topological polar surface area (TPSA) is 16.1 Å². The first-order valence-electron chi connectivity index (χ1n) is 7.26. The van der Waals surface area contributed by atoms with Gasteiger partial charge in [0.05, 0.1) is 12.1 Å². The van der Waals surface area contributed by atoms with Crippen LogP contribution in [0, 0.1) is 11.7 Å². The van der Waals surface area contributed by atoms with Crippen LogP contribution in [0.3, 0.4) is 0 Å². The van der Waals surface area contributed by atoms with Crippen LogP contribution in [-0.2, 0) is 5.88 Å². The van der Waals surface area contributed by atoms with E-state index in [2.05, 4.69) is 9.88 Å². The number of anilines is 1. The first-order chi connectivity index (χ1) is 9.29. The number of fused-ring (bicyclic) bond motifs is 1. The maximum absolute atomic E-state index is 13.3. The van der Waals surface area contributed by atoms with Crippen molar-refractivity contribution in [3.63, 3.8) is 0 Å². The van der Waals surface area contributed by atoms with Crippen LogP contribution in [0.25, 0.3) is 0 Å². The summed E-state index contributed by atoms with van der Waals surface area (Å²) in [6, 6.07) is 2.12. The summed E-state index contributed by atoms with van der Waals surface area (Å²) in [4.78, 5) is 6.72. The Labute approximate surface area is 119 Å². The summed E-state index contributed by atoms with van der Waals surface area (Å²) in [5.74, 6) is 1.73. The number of aromatic nitrogens is 1. The lowest BCUT2D eigenvalue weighted by Gasteiger charge is -2.45. The van der Waals surface area contributed by atoms with E-state index in [0.29, 0.717) is 11.9 Å². The number of hydrogen-bond acceptors (Lipinski definition) is 2. The highest BCUT2D eigenvalue weighted by Gasteiger charge is 2.34. The van der Waals surface area contributed by atoms with Gasteiger partial charge in [-0.05, 0) is 37.7 Å². The van der Waals surface area contributed by atoms with Crippen LogP contribution in [0.4, 0.5) is 10.2 Å². The second-order valence-corrected chi connectivity index (χ2v) is 5.98. The molecule has 1 aromatic rings. The number of hydrogen-bond donors (Lipinski definition) is 0. The summed E-state index contributed by atoms with van der Waals surface area (Å²) in [7, 11) is 0. The minimum atomic E-state index is -0.295. The van der Waals surface area contributed by atoms with Gasteiger partial charge in [-0.15, -0.1) is 11.6 Å². The maximum Gasteiger partial charge on any atom is 0.141 e. The zero-order valence-corrected chi connectivity index (χ0v) is 11.9. The second-order valence-electron chi connectivity index (χ2n) is 5.72. The van der Waals surface area contributed by atoms with Crippen molar-refractivity contribution >= 4 is 17.4 Å². The van der Waals surface area contributed by atoms with Gasteiger partial charge in [-0.2, -0.15) is 0 Å². The van der Waals surface area contributed by atoms with Gasteiger partial charge in [0.1, 0.15) is 11.6 Å². The van der Waals surface area contributed by atoms with Crippen molar-refractivity contribution in [3.8, 4) is 0 Å². The average Bonchev–Trinajstić information content (AvgIpc) is 2.46. The Morgan fingerprint density at radius 1 is 1.26 bits per heavy atom. The minimum Gasteiger partial charge on any atom is -0.353 e. The molecule has 0 unspecified atom stereocenters. The summed E-state index contributed by atoms with van der Waals surface area (Å²) in [5.41, 5.74) is 0.827. The fourth-order valence-corrected chi connectivity index (χ4v) is 3.92. The molecule has 19 heavy (non-hydrogen) atoms. The molecule has 0 aromatic carbocycles. The smallest absolute Gasteiger partial charge is 0.141 e. The predicted octanol–water partition coefficient (Wildman–Crippen LogP) is 4.12. The average molecular weight is 283 g/mol. The highest BCUT2D eigenvalue weighted by atomic mass is 35.5. The third kappa shape index (κ3) is 2.58. The number of nitrogens with zero attached hydrogens (tertiary/aromatic N) is 2. The standard InChI is InChI=1S/C15H20ClFN2/c16-9-12-8-13(17)10-18-15(12)19-7-3-5-11-4-1-2-6-14(11)19/h8,10-11,14H,1-7,9H2/t11-,14-/m1/s1. The third-order valence-electron chi connectivity index (χ3n) is 4.57. The Kier molecular flexibility index (Phi) is 3.92. The molecule has 0 N–H and O–H groups in total. The molecule has 3 rings (SSSR count). The third-order valence-corrected chi connectivity index (χ3v) is 4.86. The summed E-state index contributed by atoms with van der Waals surface area (Å²) in [6.07, 6.45) is 9.09. The molecule has 104 valence electrons. The molecular weight excluding hydrogens is 263 g/mol. The van der Waals surface area contributed by atoms with E-state index in [1.54, 1.807) is 0 Å². The van der Waals surface area contributed by atoms with Gasteiger partial charge in [-0.25, -0.2) is 9.37 Å². The summed E-state index contributed by atoms with van der Waals surface area (Å²) in [6.45, 7) is 1.03. The molecule has 0 amide bonds. The normalized spacial score (nSPS) is 27.2. The number of pyridine rings is 1. The molecule has 2 heterocycles. The molecule has 2 atom stereocenters. The molecule has 1 saturated heterocycles. The van der Waals surface area contributed by atoms with Crippen molar-refractivity contribution in [2.24, 2.45) is 5.92 Å². The Bertz CT molecular complexity index is 450. The molecule has 1 aliphatic heterocycles. The van der Waals surface area contributed by atoms with Gasteiger partial charge < -0.3 is 4.90 Å². The summed E-state index contributed by atoms with van der Waals surface area (Å²) < 4.78 is 13.3. The zero-order chi connectivity index (χ0) is 13.2. The molecule has 2 aliphatic rings. The van der Waals surface area contributed by atoms with Crippen molar-refractivity contribution < 1.29 is 4.39 Å². The minimum absolute atomic E-state index is 0.295. The molecule has 0 radical (unpaired) electrons. The Balaban J connectivity index is 1.91. The SMILES string of the molecule is Fc1cnc(N2CCC[C@H]3CCCC[C@H]32)c(CCl)c1. The molecule has 0 spiro atoms. The van der Waals surface area contributed by atoms with Gasteiger partial charge in [-0.3, -0.25) is 0 Å². The lowest BCUT2D eigenvalue weighted by Crippen LogP contribution is -2.47. The maximum atomic E-state index is 13.3. The van der Waals surface area contributed by atoms with Crippen LogP contribution in [0.15, 0.2) is 12.3 Å². The first kappa shape index (κ1) is 13.2. The molecule has 4 heteroatoms. The summed E-state index contributed by atoms with van der Waals surface area (Å²) in [5, 5.41) is 0. The van der Waals surface area contributed by atoms with E-state index in [-0.39, 0.29) is 5.82 Å². The van der Waals surface area contributed by atoms with Crippen molar-refractivity contribution in [2.45, 2.75) is 50.4 Å². The van der Waals surface area contributed by atoms with E-state index in [0.717, 1.165) is 23.8 Å². The molecule has 1 saturated carbocycles. The van der Waals surface area contributed by atoms with Crippen molar-refractivity contribution in [1.29, 1.82) is 0 Å². The highest BCUT2D eigenvalue weighted by Crippen LogP contribution is 2.38. The molecule has 0 bridgehead atoms. The summed E-state index contributed by atoms with van der Waals surface area (Å²) >= 11 is 5.97. The van der Waals surface area contributed by atoms with Gasteiger partial charge in [-0.1, -0.05) is 12.8 Å². The van der Waals surface area contributed by atoms with Crippen LogP contribution < -0.4 is 4.90 Å². The number of halogens is 2. The zero-order valence-electron chi connectivity index (χ0n) is 11.1. The van der Waals surface area contributed by atoms with Gasteiger partial charge in [0.25, 0.3) is 0 Å². The van der Waals surface area contributed by atoms with Gasteiger partial charge >= 0.3 is 0 Å². The first-order valence-corrected chi connectivity index (χ1v) is 7.80. The Morgan fingerprint density at radius 2 is 2.05 bits per heavy atom. The molecule has 2 fully saturated rings. The Morgan fingerprint density at radius 3 is 2.89 bits per heavy atom. The molecule has 1 aliphatic carbocycles. The monoisotopic (exact) mass is 282 g/mol. The number of alkyl halides is 1. The van der Waals surface area contributed by atoms with E-state index < -0.39 is 0 Å². The predicted molar refractivity (Wildman–Crippen MR) is 76.1 cm³/mol. The van der Waals surface area contributed by atoms with Crippen LogP contribution in [0.2, 0.25) is 0 Å². The molecule has 2 nitrogen and oxygen atoms in total. The van der Waals surface area contributed by atoms with Crippen molar-refractivity contribution in [3.05, 3.63) is 23.6 Å². The van der Waals surface area contributed by atoms with E-state index >= 15 is 0 Å². The molecule has 1 aromatic heterocycles. The molecular formula is C15H20ClFN2. The van der Waals surface area contributed by atoms with E-state index in [9.17, 15) is 4.39 Å². The lowest BCUT2D eigenvalue weighted by atomic mass is 9.78. The van der Waals surface area contributed by atoms with Crippen LogP contribution in [0.1, 0.15) is 44.1 Å². The van der Waals surface area contributed by atoms with Gasteiger partial charge in [0.15, 0.2) is 0 Å². The van der Waals surface area contributed by atoms with Gasteiger partial charge in [0, 0.05) is 18.2 Å². The van der Waals surface area contributed by atoms with E-state index in [4.69, 9.17) is 11.6 Å². The Hall–Kier alpha value is -0.830. The quantitative estimate of drug-likeness (QED) is 0.759. The van der Waals surface area contributed by atoms with Gasteiger partial charge in [0.2, 0.25) is 0 Å². The highest BCUT2D eigenvalue weighted by molar-refractivity contribution is 6.17. The number of rotatable bonds is 2. The number of piperidine rings is 1. The fraction of sp³-hybridized carbons (Fsp3) is 0.667. The van der Waals surface area contributed by atoms with E-state index in [1.165, 1.54) is 50.8 Å². The van der Waals surface area contributed by atoms with E-state index in [1.807, 2.05) is 0 Å². The second kappa shape index (κ2) is 5.66. The van der Waals surface area contributed by atoms with Crippen LogP contribution >= 0.6 is 11.6 Å². The van der Waals surface area contributed by atoms with Crippen molar-refractivity contribution in [1.82, 2.24) is 4.98 Å². The van der Waals surface area contributed by atoms with Crippen LogP contribution in [0.5, 0.6) is 0 Å². The fourth-order valence-electron chi connectivity index (χ4n) is 3.72. The van der Waals surface area contributed by atoms with Crippen LogP contribution in [-0.4, -0.2) is 17.6 Å². The largest absolute Gasteiger partial charge is 0.353 e. The van der Waals surface area contributed by atoms with Crippen molar-refractivity contribution in [2.75, 3.05) is 11.4 Å².